The molecule has 122 valence electrons. The molecule has 0 aliphatic rings. The van der Waals surface area contributed by atoms with E-state index in [9.17, 15) is 9.59 Å². The maximum Gasteiger partial charge on any atom is 0.341 e. The third kappa shape index (κ3) is 4.10. The van der Waals surface area contributed by atoms with E-state index in [4.69, 9.17) is 9.84 Å². The Morgan fingerprint density at radius 1 is 1.41 bits per heavy atom. The third-order valence-electron chi connectivity index (χ3n) is 3.42. The second-order valence-electron chi connectivity index (χ2n) is 5.53. The topological polar surface area (TPSA) is 66.8 Å². The Balaban J connectivity index is 3.29. The van der Waals surface area contributed by atoms with Gasteiger partial charge in [0.2, 0.25) is 0 Å². The molecule has 1 N–H and O–H groups in total. The van der Waals surface area contributed by atoms with Gasteiger partial charge in [0.05, 0.1) is 18.6 Å². The highest BCUT2D eigenvalue weighted by atomic mass is 32.1. The van der Waals surface area contributed by atoms with Gasteiger partial charge in [-0.25, -0.2) is 4.79 Å². The Morgan fingerprint density at radius 2 is 2.00 bits per heavy atom. The first-order valence-corrected chi connectivity index (χ1v) is 7.81. The molecule has 22 heavy (non-hydrogen) atoms. The molecule has 6 heteroatoms. The van der Waals surface area contributed by atoms with Crippen LogP contribution in [-0.2, 0) is 9.53 Å². The number of methoxy groups -OCH3 is 1. The zero-order valence-corrected chi connectivity index (χ0v) is 14.5. The van der Waals surface area contributed by atoms with Gasteiger partial charge in [-0.15, -0.1) is 11.3 Å². The molecule has 0 radical (unpaired) electrons. The Morgan fingerprint density at radius 3 is 2.45 bits per heavy atom. The van der Waals surface area contributed by atoms with Gasteiger partial charge in [0.1, 0.15) is 5.00 Å². The number of thiophene rings is 1. The van der Waals surface area contributed by atoms with E-state index in [2.05, 4.69) is 6.58 Å². The molecule has 0 bridgehead atoms. The van der Waals surface area contributed by atoms with Crippen molar-refractivity contribution in [3.8, 4) is 0 Å². The van der Waals surface area contributed by atoms with Crippen molar-refractivity contribution in [3.63, 3.8) is 0 Å². The molecule has 0 aliphatic heterocycles. The molecule has 0 saturated heterocycles. The van der Waals surface area contributed by atoms with Crippen LogP contribution in [0, 0.1) is 19.8 Å². The van der Waals surface area contributed by atoms with Crippen molar-refractivity contribution in [2.75, 3.05) is 25.1 Å². The number of carbonyl (C=O) groups excluding carboxylic acids is 1. The highest BCUT2D eigenvalue weighted by molar-refractivity contribution is 7.16. The number of anilines is 1. The number of hydrogen-bond donors (Lipinski definition) is 1. The zero-order valence-electron chi connectivity index (χ0n) is 13.7. The number of rotatable bonds is 7. The molecule has 1 rings (SSSR count). The summed E-state index contributed by atoms with van der Waals surface area (Å²) in [6, 6.07) is 0. The summed E-state index contributed by atoms with van der Waals surface area (Å²) in [7, 11) is 1.35. The van der Waals surface area contributed by atoms with E-state index >= 15 is 0 Å². The number of aryl methyl sites for hydroxylation is 1. The monoisotopic (exact) mass is 325 g/mol. The lowest BCUT2D eigenvalue weighted by molar-refractivity contribution is -0.140. The van der Waals surface area contributed by atoms with E-state index in [0.29, 0.717) is 18.7 Å². The summed E-state index contributed by atoms with van der Waals surface area (Å²) in [5.41, 5.74) is 2.29. The number of carboxylic acid groups (broad SMARTS) is 1. The lowest BCUT2D eigenvalue weighted by atomic mass is 10.1. The van der Waals surface area contributed by atoms with Gasteiger partial charge < -0.3 is 14.7 Å². The molecule has 1 aromatic rings. The maximum absolute atomic E-state index is 12.1. The van der Waals surface area contributed by atoms with E-state index in [0.717, 1.165) is 21.0 Å². The minimum Gasteiger partial charge on any atom is -0.481 e. The average molecular weight is 325 g/mol. The standard InChI is InChI=1S/C16H23NO4S/c1-9(2)7-17(8-10(3)15(18)19)14-13(16(20)21-6)11(4)12(5)22-14/h10H,1,7-8H2,2-6H3,(H,18,19). The van der Waals surface area contributed by atoms with E-state index in [-0.39, 0.29) is 0 Å². The SMILES string of the molecule is C=C(C)CN(CC(C)C(=O)O)c1sc(C)c(C)c1C(=O)OC. The van der Waals surface area contributed by atoms with Crippen LogP contribution in [0.5, 0.6) is 0 Å². The Kier molecular flexibility index (Phi) is 6.17. The van der Waals surface area contributed by atoms with Crippen molar-refractivity contribution in [3.05, 3.63) is 28.2 Å². The summed E-state index contributed by atoms with van der Waals surface area (Å²) in [6.07, 6.45) is 0. The largest absolute Gasteiger partial charge is 0.481 e. The van der Waals surface area contributed by atoms with E-state index < -0.39 is 17.9 Å². The van der Waals surface area contributed by atoms with Gasteiger partial charge in [-0.1, -0.05) is 19.1 Å². The van der Waals surface area contributed by atoms with Crippen LogP contribution < -0.4 is 4.90 Å². The lowest BCUT2D eigenvalue weighted by Gasteiger charge is -2.26. The van der Waals surface area contributed by atoms with Gasteiger partial charge >= 0.3 is 11.9 Å². The number of aliphatic carboxylic acids is 1. The minimum absolute atomic E-state index is 0.311. The van der Waals surface area contributed by atoms with E-state index in [1.165, 1.54) is 18.4 Å². The van der Waals surface area contributed by atoms with Crippen LogP contribution in [0.2, 0.25) is 0 Å². The summed E-state index contributed by atoms with van der Waals surface area (Å²) in [4.78, 5) is 26.2. The van der Waals surface area contributed by atoms with Crippen molar-refractivity contribution in [2.24, 2.45) is 5.92 Å². The smallest absolute Gasteiger partial charge is 0.341 e. The quantitative estimate of drug-likeness (QED) is 0.616. The van der Waals surface area contributed by atoms with Crippen LogP contribution in [0.25, 0.3) is 0 Å². The number of esters is 1. The second kappa shape index (κ2) is 7.45. The van der Waals surface area contributed by atoms with Crippen LogP contribution in [0.15, 0.2) is 12.2 Å². The fourth-order valence-corrected chi connectivity index (χ4v) is 3.28. The summed E-state index contributed by atoms with van der Waals surface area (Å²) in [5, 5.41) is 9.91. The summed E-state index contributed by atoms with van der Waals surface area (Å²) < 4.78 is 4.88. The van der Waals surface area contributed by atoms with Gasteiger partial charge in [-0.3, -0.25) is 4.79 Å². The molecule has 0 amide bonds. The van der Waals surface area contributed by atoms with E-state index in [1.54, 1.807) is 6.92 Å². The Labute approximate surface area is 135 Å². The summed E-state index contributed by atoms with van der Waals surface area (Å²) in [6.45, 7) is 12.1. The van der Waals surface area contributed by atoms with Gasteiger partial charge in [-0.05, 0) is 26.3 Å². The number of nitrogens with zero attached hydrogens (tertiary/aromatic N) is 1. The van der Waals surface area contributed by atoms with Crippen LogP contribution in [-0.4, -0.2) is 37.2 Å². The normalized spacial score (nSPS) is 11.9. The molecular weight excluding hydrogens is 302 g/mol. The Hall–Kier alpha value is -1.82. The van der Waals surface area contributed by atoms with Gasteiger partial charge in [-0.2, -0.15) is 0 Å². The van der Waals surface area contributed by atoms with Gasteiger partial charge in [0.25, 0.3) is 0 Å². The number of hydrogen-bond acceptors (Lipinski definition) is 5. The number of carboxylic acids is 1. The fourth-order valence-electron chi connectivity index (χ4n) is 2.13. The predicted octanol–water partition coefficient (Wildman–Crippen LogP) is 3.25. The van der Waals surface area contributed by atoms with Crippen LogP contribution in [0.4, 0.5) is 5.00 Å². The maximum atomic E-state index is 12.1. The highest BCUT2D eigenvalue weighted by Crippen LogP contribution is 2.36. The number of ether oxygens (including phenoxy) is 1. The molecule has 0 aliphatic carbocycles. The van der Waals surface area contributed by atoms with Crippen LogP contribution >= 0.6 is 11.3 Å². The predicted molar refractivity (Wildman–Crippen MR) is 89.0 cm³/mol. The highest BCUT2D eigenvalue weighted by Gasteiger charge is 2.26. The van der Waals surface area contributed by atoms with Crippen molar-refractivity contribution < 1.29 is 19.4 Å². The average Bonchev–Trinajstić information content (AvgIpc) is 2.72. The zero-order chi connectivity index (χ0) is 17.0. The molecule has 0 fully saturated rings. The van der Waals surface area contributed by atoms with Crippen LogP contribution in [0.1, 0.15) is 34.6 Å². The van der Waals surface area contributed by atoms with Gasteiger partial charge in [0.15, 0.2) is 0 Å². The first kappa shape index (κ1) is 18.2. The molecule has 1 atom stereocenters. The first-order valence-electron chi connectivity index (χ1n) is 6.99. The summed E-state index contributed by atoms with van der Waals surface area (Å²) in [5.74, 6) is -1.81. The van der Waals surface area contributed by atoms with Crippen molar-refractivity contribution >= 4 is 28.3 Å². The molecule has 1 aromatic heterocycles. The van der Waals surface area contributed by atoms with Crippen molar-refractivity contribution in [1.82, 2.24) is 0 Å². The van der Waals surface area contributed by atoms with Crippen molar-refractivity contribution in [1.29, 1.82) is 0 Å². The molecule has 0 saturated carbocycles. The minimum atomic E-state index is -0.865. The molecule has 1 unspecified atom stereocenters. The van der Waals surface area contributed by atoms with Crippen LogP contribution in [0.3, 0.4) is 0 Å². The first-order chi connectivity index (χ1) is 10.2. The Bertz CT molecular complexity index is 591. The number of carbonyl (C=O) groups is 2. The molecule has 5 nitrogen and oxygen atoms in total. The third-order valence-corrected chi connectivity index (χ3v) is 4.69. The van der Waals surface area contributed by atoms with E-state index in [1.807, 2.05) is 25.7 Å². The summed E-state index contributed by atoms with van der Waals surface area (Å²) >= 11 is 1.48. The van der Waals surface area contributed by atoms with Crippen molar-refractivity contribution in [2.45, 2.75) is 27.7 Å². The van der Waals surface area contributed by atoms with Gasteiger partial charge in [0, 0.05) is 18.0 Å². The lowest BCUT2D eigenvalue weighted by Crippen LogP contribution is -2.33. The fraction of sp³-hybridized carbons (Fsp3) is 0.500. The molecule has 0 aromatic carbocycles. The molecule has 0 spiro atoms. The molecule has 1 heterocycles. The molecular formula is C16H23NO4S. The second-order valence-corrected chi connectivity index (χ2v) is 6.74.